The van der Waals surface area contributed by atoms with E-state index in [2.05, 4.69) is 46.4 Å². The molecule has 0 aromatic carbocycles. The van der Waals surface area contributed by atoms with E-state index in [0.29, 0.717) is 12.1 Å². The summed E-state index contributed by atoms with van der Waals surface area (Å²) in [5, 5.41) is 0. The van der Waals surface area contributed by atoms with Crippen molar-refractivity contribution in [1.29, 1.82) is 0 Å². The Hall–Kier alpha value is -0.500. The Bertz CT molecular complexity index is 194. The van der Waals surface area contributed by atoms with Gasteiger partial charge in [-0.15, -0.1) is 0 Å². The summed E-state index contributed by atoms with van der Waals surface area (Å²) in [7, 11) is 0. The van der Waals surface area contributed by atoms with Crippen LogP contribution in [-0.4, -0.2) is 23.7 Å². The number of quaternary nitrogens is 1. The SMILES string of the molecule is CC1=C(C)[NH+](C(C)C)CN1C(C)C. The molecule has 0 aromatic rings. The maximum absolute atomic E-state index is 2.49. The van der Waals surface area contributed by atoms with Crippen LogP contribution in [0.3, 0.4) is 0 Å². The minimum atomic E-state index is 0.631. The Kier molecular flexibility index (Phi) is 3.01. The van der Waals surface area contributed by atoms with Gasteiger partial charge in [-0.3, -0.25) is 4.90 Å². The summed E-state index contributed by atoms with van der Waals surface area (Å²) in [5.41, 5.74) is 2.99. The number of hydrogen-bond donors (Lipinski definition) is 1. The van der Waals surface area contributed by atoms with E-state index < -0.39 is 0 Å². The molecule has 1 heterocycles. The smallest absolute Gasteiger partial charge is 0.157 e. The number of hydrogen-bond acceptors (Lipinski definition) is 1. The zero-order valence-corrected chi connectivity index (χ0v) is 9.81. The Morgan fingerprint density at radius 2 is 1.69 bits per heavy atom. The van der Waals surface area contributed by atoms with Gasteiger partial charge in [-0.1, -0.05) is 0 Å². The van der Waals surface area contributed by atoms with Crippen LogP contribution in [-0.2, 0) is 0 Å². The van der Waals surface area contributed by atoms with Crippen LogP contribution in [0.4, 0.5) is 0 Å². The predicted octanol–water partition coefficient (Wildman–Crippen LogP) is 1.21. The van der Waals surface area contributed by atoms with Gasteiger partial charge in [0.05, 0.1) is 11.7 Å². The van der Waals surface area contributed by atoms with Crippen molar-refractivity contribution in [2.45, 2.75) is 53.6 Å². The van der Waals surface area contributed by atoms with Gasteiger partial charge in [0.2, 0.25) is 0 Å². The highest BCUT2D eigenvalue weighted by Crippen LogP contribution is 2.13. The van der Waals surface area contributed by atoms with Crippen molar-refractivity contribution >= 4 is 0 Å². The fourth-order valence-electron chi connectivity index (χ4n) is 2.05. The van der Waals surface area contributed by atoms with Gasteiger partial charge in [0.15, 0.2) is 6.67 Å². The van der Waals surface area contributed by atoms with Gasteiger partial charge in [-0.05, 0) is 34.6 Å². The minimum absolute atomic E-state index is 0.631. The van der Waals surface area contributed by atoms with Crippen LogP contribution in [0, 0.1) is 0 Å². The van der Waals surface area contributed by atoms with Gasteiger partial charge in [0, 0.05) is 13.0 Å². The molecule has 0 aliphatic carbocycles. The molecule has 0 fully saturated rings. The molecule has 0 saturated heterocycles. The second-order valence-electron chi connectivity index (χ2n) is 4.61. The van der Waals surface area contributed by atoms with Gasteiger partial charge in [0.1, 0.15) is 5.70 Å². The average Bonchev–Trinajstić information content (AvgIpc) is 2.29. The largest absolute Gasteiger partial charge is 0.321 e. The molecule has 1 unspecified atom stereocenters. The summed E-state index contributed by atoms with van der Waals surface area (Å²) in [6.45, 7) is 14.7. The van der Waals surface area contributed by atoms with Crippen molar-refractivity contribution < 1.29 is 4.90 Å². The van der Waals surface area contributed by atoms with Crippen LogP contribution in [0.1, 0.15) is 41.5 Å². The molecule has 2 heteroatoms. The Labute approximate surface area is 82.2 Å². The van der Waals surface area contributed by atoms with E-state index in [-0.39, 0.29) is 0 Å². The molecule has 0 amide bonds. The molecule has 0 saturated carbocycles. The summed E-state index contributed by atoms with van der Waals surface area (Å²) >= 11 is 0. The molecule has 1 N–H and O–H groups in total. The molecule has 13 heavy (non-hydrogen) atoms. The van der Waals surface area contributed by atoms with Gasteiger partial charge in [-0.2, -0.15) is 0 Å². The first-order valence-electron chi connectivity index (χ1n) is 5.25. The van der Waals surface area contributed by atoms with E-state index in [1.165, 1.54) is 11.4 Å². The van der Waals surface area contributed by atoms with Crippen molar-refractivity contribution in [3.8, 4) is 0 Å². The fraction of sp³-hybridized carbons (Fsp3) is 0.818. The molecule has 1 aliphatic rings. The standard InChI is InChI=1S/C11H22N2/c1-8(2)12-7-13(9(3)4)11(6)10(12)5/h8-9H,7H2,1-6H3/p+1. The number of allylic oxidation sites excluding steroid dienone is 2. The number of nitrogens with zero attached hydrogens (tertiary/aromatic N) is 1. The third-order valence-electron chi connectivity index (χ3n) is 3.12. The molecule has 1 atom stereocenters. The third kappa shape index (κ3) is 1.88. The van der Waals surface area contributed by atoms with Gasteiger partial charge in [-0.25, -0.2) is 0 Å². The molecule has 0 spiro atoms. The molecular weight excluding hydrogens is 160 g/mol. The summed E-state index contributed by atoms with van der Waals surface area (Å²) in [4.78, 5) is 4.11. The fourth-order valence-corrected chi connectivity index (χ4v) is 2.05. The topological polar surface area (TPSA) is 7.68 Å². The first-order valence-corrected chi connectivity index (χ1v) is 5.25. The van der Waals surface area contributed by atoms with Crippen LogP contribution in [0.5, 0.6) is 0 Å². The molecule has 1 aliphatic heterocycles. The predicted molar refractivity (Wildman–Crippen MR) is 56.3 cm³/mol. The molecule has 1 rings (SSSR count). The van der Waals surface area contributed by atoms with E-state index in [9.17, 15) is 0 Å². The van der Waals surface area contributed by atoms with Crippen LogP contribution >= 0.6 is 0 Å². The number of nitrogens with one attached hydrogen (secondary N) is 1. The van der Waals surface area contributed by atoms with Crippen LogP contribution in [0.25, 0.3) is 0 Å². The van der Waals surface area contributed by atoms with Gasteiger partial charge < -0.3 is 4.90 Å². The molecule has 76 valence electrons. The first kappa shape index (κ1) is 10.6. The normalized spacial score (nSPS) is 24.0. The summed E-state index contributed by atoms with van der Waals surface area (Å²) in [6.07, 6.45) is 0. The lowest BCUT2D eigenvalue weighted by molar-refractivity contribution is -0.884. The monoisotopic (exact) mass is 183 g/mol. The summed E-state index contributed by atoms with van der Waals surface area (Å²) in [5.74, 6) is 0. The van der Waals surface area contributed by atoms with E-state index in [0.717, 1.165) is 6.67 Å². The Balaban J connectivity index is 2.81. The van der Waals surface area contributed by atoms with Gasteiger partial charge in [0.25, 0.3) is 0 Å². The zero-order valence-electron chi connectivity index (χ0n) is 9.81. The van der Waals surface area contributed by atoms with E-state index in [4.69, 9.17) is 0 Å². The average molecular weight is 183 g/mol. The zero-order chi connectivity index (χ0) is 10.2. The highest BCUT2D eigenvalue weighted by atomic mass is 15.4. The lowest BCUT2D eigenvalue weighted by atomic mass is 10.3. The number of rotatable bonds is 2. The van der Waals surface area contributed by atoms with Gasteiger partial charge >= 0.3 is 0 Å². The van der Waals surface area contributed by atoms with Crippen molar-refractivity contribution in [2.24, 2.45) is 0 Å². The van der Waals surface area contributed by atoms with Crippen molar-refractivity contribution in [3.05, 3.63) is 11.4 Å². The molecule has 0 aromatic heterocycles. The Morgan fingerprint density at radius 1 is 1.15 bits per heavy atom. The Morgan fingerprint density at radius 3 is 1.92 bits per heavy atom. The molecule has 2 nitrogen and oxygen atoms in total. The van der Waals surface area contributed by atoms with Crippen LogP contribution in [0.2, 0.25) is 0 Å². The van der Waals surface area contributed by atoms with Crippen LogP contribution in [0.15, 0.2) is 11.4 Å². The van der Waals surface area contributed by atoms with Crippen molar-refractivity contribution in [2.75, 3.05) is 6.67 Å². The second-order valence-corrected chi connectivity index (χ2v) is 4.61. The first-order chi connectivity index (χ1) is 5.95. The third-order valence-corrected chi connectivity index (χ3v) is 3.12. The van der Waals surface area contributed by atoms with E-state index in [1.807, 2.05) is 0 Å². The maximum atomic E-state index is 2.49. The second kappa shape index (κ2) is 3.70. The highest BCUT2D eigenvalue weighted by molar-refractivity contribution is 5.05. The minimum Gasteiger partial charge on any atom is -0.321 e. The summed E-state index contributed by atoms with van der Waals surface area (Å²) in [6, 6.07) is 1.32. The van der Waals surface area contributed by atoms with Crippen LogP contribution < -0.4 is 4.90 Å². The lowest BCUT2D eigenvalue weighted by Gasteiger charge is -2.24. The molecule has 0 radical (unpaired) electrons. The van der Waals surface area contributed by atoms with E-state index in [1.54, 1.807) is 4.90 Å². The highest BCUT2D eigenvalue weighted by Gasteiger charge is 2.31. The quantitative estimate of drug-likeness (QED) is 0.676. The van der Waals surface area contributed by atoms with Crippen molar-refractivity contribution in [1.82, 2.24) is 4.90 Å². The van der Waals surface area contributed by atoms with Crippen molar-refractivity contribution in [3.63, 3.8) is 0 Å². The summed E-state index contributed by atoms with van der Waals surface area (Å²) < 4.78 is 0. The molecular formula is C11H23N2+. The maximum Gasteiger partial charge on any atom is 0.157 e. The lowest BCUT2D eigenvalue weighted by Crippen LogP contribution is -3.12. The molecule has 0 bridgehead atoms. The van der Waals surface area contributed by atoms with E-state index >= 15 is 0 Å².